The summed E-state index contributed by atoms with van der Waals surface area (Å²) in [4.78, 5) is 0. The highest BCUT2D eigenvalue weighted by molar-refractivity contribution is 4.96. The van der Waals surface area contributed by atoms with Crippen molar-refractivity contribution in [3.8, 4) is 0 Å². The van der Waals surface area contributed by atoms with Crippen LogP contribution in [0.2, 0.25) is 0 Å². The van der Waals surface area contributed by atoms with Gasteiger partial charge in [-0.05, 0) is 57.9 Å². The van der Waals surface area contributed by atoms with E-state index in [2.05, 4.69) is 24.4 Å². The highest BCUT2D eigenvalue weighted by Crippen LogP contribution is 2.31. The van der Waals surface area contributed by atoms with Crippen molar-refractivity contribution in [3.05, 3.63) is 12.2 Å². The van der Waals surface area contributed by atoms with Gasteiger partial charge in [0, 0.05) is 5.54 Å². The second kappa shape index (κ2) is 3.83. The van der Waals surface area contributed by atoms with E-state index in [9.17, 15) is 0 Å². The minimum absolute atomic E-state index is 0.468. The first-order valence-corrected chi connectivity index (χ1v) is 5.69. The summed E-state index contributed by atoms with van der Waals surface area (Å²) in [7, 11) is 0. The zero-order valence-corrected chi connectivity index (χ0v) is 8.68. The zero-order valence-electron chi connectivity index (χ0n) is 8.68. The first-order valence-electron chi connectivity index (χ1n) is 5.69. The van der Waals surface area contributed by atoms with Gasteiger partial charge in [0.15, 0.2) is 0 Å². The molecule has 2 aliphatic rings. The lowest BCUT2D eigenvalue weighted by Gasteiger charge is -2.30. The third-order valence-corrected chi connectivity index (χ3v) is 3.57. The highest BCUT2D eigenvalue weighted by atomic mass is 15.0. The largest absolute Gasteiger partial charge is 0.312 e. The molecule has 1 aliphatic carbocycles. The third-order valence-electron chi connectivity index (χ3n) is 3.57. The van der Waals surface area contributed by atoms with Crippen LogP contribution in [0, 0.1) is 5.92 Å². The molecule has 1 aliphatic heterocycles. The van der Waals surface area contributed by atoms with Crippen molar-refractivity contribution in [2.45, 2.75) is 51.0 Å². The quantitative estimate of drug-likeness (QED) is 0.643. The summed E-state index contributed by atoms with van der Waals surface area (Å²) in [5, 5.41) is 3.66. The number of hydrogen-bond acceptors (Lipinski definition) is 1. The molecule has 1 N–H and O–H groups in total. The Bertz CT molecular complexity index is 189. The first kappa shape index (κ1) is 9.26. The van der Waals surface area contributed by atoms with Crippen LogP contribution in [-0.4, -0.2) is 12.1 Å². The van der Waals surface area contributed by atoms with Gasteiger partial charge in [-0.15, -0.1) is 0 Å². The van der Waals surface area contributed by atoms with E-state index in [-0.39, 0.29) is 0 Å². The van der Waals surface area contributed by atoms with Gasteiger partial charge in [0.1, 0.15) is 0 Å². The number of allylic oxidation sites excluding steroid dienone is 2. The monoisotopic (exact) mass is 179 g/mol. The van der Waals surface area contributed by atoms with Gasteiger partial charge in [0.2, 0.25) is 0 Å². The van der Waals surface area contributed by atoms with Crippen molar-refractivity contribution in [3.63, 3.8) is 0 Å². The lowest BCUT2D eigenvalue weighted by Crippen LogP contribution is -2.38. The number of nitrogens with one attached hydrogen (secondary N) is 1. The summed E-state index contributed by atoms with van der Waals surface area (Å²) < 4.78 is 0. The molecule has 13 heavy (non-hydrogen) atoms. The standard InChI is InChI=1S/C12H21N/c1-12(8-5-9-13-12)10-11-6-3-2-4-7-11/h2-3,11,13H,4-10H2,1H3. The highest BCUT2D eigenvalue weighted by Gasteiger charge is 2.30. The molecule has 0 spiro atoms. The maximum Gasteiger partial charge on any atom is 0.0156 e. The molecular weight excluding hydrogens is 158 g/mol. The van der Waals surface area contributed by atoms with E-state index < -0.39 is 0 Å². The van der Waals surface area contributed by atoms with Crippen molar-refractivity contribution in [2.24, 2.45) is 5.92 Å². The Balaban J connectivity index is 1.85. The van der Waals surface area contributed by atoms with E-state index in [1.165, 1.54) is 45.1 Å². The van der Waals surface area contributed by atoms with Crippen LogP contribution >= 0.6 is 0 Å². The average molecular weight is 179 g/mol. The molecular formula is C12H21N. The molecule has 1 heterocycles. The SMILES string of the molecule is CC1(CC2CC=CCC2)CCCN1. The van der Waals surface area contributed by atoms with E-state index in [4.69, 9.17) is 0 Å². The van der Waals surface area contributed by atoms with Gasteiger partial charge in [-0.3, -0.25) is 0 Å². The zero-order chi connectivity index (χ0) is 9.15. The second-order valence-corrected chi connectivity index (χ2v) is 4.95. The van der Waals surface area contributed by atoms with Crippen LogP contribution < -0.4 is 5.32 Å². The lowest BCUT2D eigenvalue weighted by atomic mass is 9.82. The van der Waals surface area contributed by atoms with Crippen molar-refractivity contribution in [1.82, 2.24) is 5.32 Å². The van der Waals surface area contributed by atoms with Gasteiger partial charge in [-0.1, -0.05) is 12.2 Å². The second-order valence-electron chi connectivity index (χ2n) is 4.95. The molecule has 1 saturated heterocycles. The van der Waals surface area contributed by atoms with Crippen LogP contribution in [0.5, 0.6) is 0 Å². The summed E-state index contributed by atoms with van der Waals surface area (Å²) in [5.41, 5.74) is 0.468. The maximum absolute atomic E-state index is 3.66. The Morgan fingerprint density at radius 1 is 1.46 bits per heavy atom. The predicted octanol–water partition coefficient (Wildman–Crippen LogP) is 2.87. The van der Waals surface area contributed by atoms with Crippen LogP contribution in [0.4, 0.5) is 0 Å². The van der Waals surface area contributed by atoms with Crippen LogP contribution in [0.1, 0.15) is 45.4 Å². The molecule has 1 nitrogen and oxygen atoms in total. The topological polar surface area (TPSA) is 12.0 Å². The van der Waals surface area contributed by atoms with E-state index >= 15 is 0 Å². The molecule has 0 radical (unpaired) electrons. The van der Waals surface area contributed by atoms with Gasteiger partial charge in [0.05, 0.1) is 0 Å². The van der Waals surface area contributed by atoms with Crippen LogP contribution in [-0.2, 0) is 0 Å². The Labute approximate surface area is 81.6 Å². The van der Waals surface area contributed by atoms with Crippen LogP contribution in [0.25, 0.3) is 0 Å². The Morgan fingerprint density at radius 3 is 3.00 bits per heavy atom. The third kappa shape index (κ3) is 2.34. The minimum atomic E-state index is 0.468. The molecule has 0 aromatic carbocycles. The van der Waals surface area contributed by atoms with Crippen molar-refractivity contribution in [1.29, 1.82) is 0 Å². The van der Waals surface area contributed by atoms with Crippen molar-refractivity contribution >= 4 is 0 Å². The maximum atomic E-state index is 3.66. The van der Waals surface area contributed by atoms with Gasteiger partial charge in [-0.2, -0.15) is 0 Å². The summed E-state index contributed by atoms with van der Waals surface area (Å²) in [5.74, 6) is 0.945. The van der Waals surface area contributed by atoms with Gasteiger partial charge in [0.25, 0.3) is 0 Å². The molecule has 1 fully saturated rings. The predicted molar refractivity (Wildman–Crippen MR) is 56.7 cm³/mol. The molecule has 0 saturated carbocycles. The normalized spacial score (nSPS) is 39.6. The van der Waals surface area contributed by atoms with Crippen molar-refractivity contribution in [2.75, 3.05) is 6.54 Å². The average Bonchev–Trinajstić information content (AvgIpc) is 2.54. The fourth-order valence-corrected chi connectivity index (χ4v) is 2.81. The fraction of sp³-hybridized carbons (Fsp3) is 0.833. The van der Waals surface area contributed by atoms with Crippen LogP contribution in [0.15, 0.2) is 12.2 Å². The molecule has 0 amide bonds. The Hall–Kier alpha value is -0.300. The number of rotatable bonds is 2. The molecule has 0 aromatic rings. The molecule has 74 valence electrons. The molecule has 2 atom stereocenters. The summed E-state index contributed by atoms with van der Waals surface area (Å²) in [6.45, 7) is 3.64. The molecule has 0 bridgehead atoms. The van der Waals surface area contributed by atoms with Gasteiger partial charge < -0.3 is 5.32 Å². The van der Waals surface area contributed by atoms with Gasteiger partial charge in [-0.25, -0.2) is 0 Å². The summed E-state index contributed by atoms with van der Waals surface area (Å²) >= 11 is 0. The molecule has 2 unspecified atom stereocenters. The number of hydrogen-bond donors (Lipinski definition) is 1. The van der Waals surface area contributed by atoms with E-state index in [1.807, 2.05) is 0 Å². The smallest absolute Gasteiger partial charge is 0.0156 e. The fourth-order valence-electron chi connectivity index (χ4n) is 2.81. The Kier molecular flexibility index (Phi) is 2.73. The minimum Gasteiger partial charge on any atom is -0.312 e. The van der Waals surface area contributed by atoms with Gasteiger partial charge >= 0.3 is 0 Å². The molecule has 2 rings (SSSR count). The Morgan fingerprint density at radius 2 is 2.38 bits per heavy atom. The van der Waals surface area contributed by atoms with E-state index in [0.29, 0.717) is 5.54 Å². The molecule has 0 aromatic heterocycles. The van der Waals surface area contributed by atoms with E-state index in [0.717, 1.165) is 5.92 Å². The summed E-state index contributed by atoms with van der Waals surface area (Å²) in [6.07, 6.45) is 12.9. The first-order chi connectivity index (χ1) is 6.29. The van der Waals surface area contributed by atoms with E-state index in [1.54, 1.807) is 0 Å². The van der Waals surface area contributed by atoms with Crippen molar-refractivity contribution < 1.29 is 0 Å². The van der Waals surface area contributed by atoms with Crippen LogP contribution in [0.3, 0.4) is 0 Å². The lowest BCUT2D eigenvalue weighted by molar-refractivity contribution is 0.293. The summed E-state index contributed by atoms with van der Waals surface area (Å²) in [6, 6.07) is 0. The molecule has 1 heteroatoms.